The van der Waals surface area contributed by atoms with Gasteiger partial charge in [-0.25, -0.2) is 4.39 Å². The van der Waals surface area contributed by atoms with Gasteiger partial charge in [0.2, 0.25) is 5.75 Å². The molecule has 0 spiro atoms. The Bertz CT molecular complexity index is 790. The summed E-state index contributed by atoms with van der Waals surface area (Å²) in [4.78, 5) is 4.16. The first-order chi connectivity index (χ1) is 13.0. The van der Waals surface area contributed by atoms with E-state index in [4.69, 9.17) is 14.2 Å². The molecule has 2 rings (SSSR count). The molecular weight excluding hydrogens is 417 g/mol. The summed E-state index contributed by atoms with van der Waals surface area (Å²) in [6.07, 6.45) is 0. The van der Waals surface area contributed by atoms with Gasteiger partial charge in [-0.15, -0.1) is 0 Å². The van der Waals surface area contributed by atoms with E-state index in [0.717, 1.165) is 5.56 Å². The SMILES string of the molecule is CN=C(NCc1cc(OC)c(OC)c(OC)c1)NCc1ccc(Br)cc1F. The minimum absolute atomic E-state index is 0.281. The minimum Gasteiger partial charge on any atom is -0.493 e. The average Bonchev–Trinajstić information content (AvgIpc) is 2.68. The molecule has 0 unspecified atom stereocenters. The summed E-state index contributed by atoms with van der Waals surface area (Å²) in [5.41, 5.74) is 1.47. The molecular formula is C19H23BrFN3O3. The van der Waals surface area contributed by atoms with Crippen LogP contribution in [0.25, 0.3) is 0 Å². The first kappa shape index (κ1) is 20.8. The number of methoxy groups -OCH3 is 3. The molecule has 2 aromatic carbocycles. The summed E-state index contributed by atoms with van der Waals surface area (Å²) in [5, 5.41) is 6.27. The van der Waals surface area contributed by atoms with Gasteiger partial charge in [0.15, 0.2) is 17.5 Å². The number of hydrogen-bond donors (Lipinski definition) is 2. The van der Waals surface area contributed by atoms with E-state index in [-0.39, 0.29) is 5.82 Å². The lowest BCUT2D eigenvalue weighted by Crippen LogP contribution is -2.36. The molecule has 0 amide bonds. The average molecular weight is 440 g/mol. The van der Waals surface area contributed by atoms with Crippen LogP contribution in [0.1, 0.15) is 11.1 Å². The van der Waals surface area contributed by atoms with E-state index in [1.165, 1.54) is 6.07 Å². The molecule has 0 aliphatic rings. The van der Waals surface area contributed by atoms with Crippen molar-refractivity contribution in [3.05, 3.63) is 51.7 Å². The summed E-state index contributed by atoms with van der Waals surface area (Å²) < 4.78 is 30.7. The molecule has 0 atom stereocenters. The van der Waals surface area contributed by atoms with Crippen LogP contribution < -0.4 is 24.8 Å². The van der Waals surface area contributed by atoms with Crippen LogP contribution in [0.4, 0.5) is 4.39 Å². The van der Waals surface area contributed by atoms with Gasteiger partial charge < -0.3 is 24.8 Å². The lowest BCUT2D eigenvalue weighted by molar-refractivity contribution is 0.323. The van der Waals surface area contributed by atoms with E-state index in [0.29, 0.717) is 46.3 Å². The lowest BCUT2D eigenvalue weighted by atomic mass is 10.2. The van der Waals surface area contributed by atoms with E-state index in [1.807, 2.05) is 12.1 Å². The number of ether oxygens (including phenoxy) is 3. The van der Waals surface area contributed by atoms with E-state index < -0.39 is 0 Å². The maximum absolute atomic E-state index is 13.9. The lowest BCUT2D eigenvalue weighted by Gasteiger charge is -2.16. The zero-order chi connectivity index (χ0) is 19.8. The number of aliphatic imine (C=N–C) groups is 1. The van der Waals surface area contributed by atoms with E-state index in [1.54, 1.807) is 40.5 Å². The Balaban J connectivity index is 2.03. The normalized spacial score (nSPS) is 11.1. The number of guanidine groups is 1. The molecule has 0 aliphatic heterocycles. The van der Waals surface area contributed by atoms with Gasteiger partial charge in [-0.2, -0.15) is 0 Å². The van der Waals surface area contributed by atoms with Crippen LogP contribution in [0, 0.1) is 5.82 Å². The van der Waals surface area contributed by atoms with Crippen LogP contribution in [-0.2, 0) is 13.1 Å². The highest BCUT2D eigenvalue weighted by atomic mass is 79.9. The van der Waals surface area contributed by atoms with Crippen LogP contribution in [0.5, 0.6) is 17.2 Å². The third-order valence-electron chi connectivity index (χ3n) is 3.87. The molecule has 146 valence electrons. The summed E-state index contributed by atoms with van der Waals surface area (Å²) in [6.45, 7) is 0.785. The summed E-state index contributed by atoms with van der Waals surface area (Å²) in [6, 6.07) is 8.67. The monoisotopic (exact) mass is 439 g/mol. The van der Waals surface area contributed by atoms with E-state index >= 15 is 0 Å². The van der Waals surface area contributed by atoms with Crippen molar-refractivity contribution in [1.29, 1.82) is 0 Å². The highest BCUT2D eigenvalue weighted by Crippen LogP contribution is 2.38. The van der Waals surface area contributed by atoms with Crippen molar-refractivity contribution >= 4 is 21.9 Å². The second-order valence-electron chi connectivity index (χ2n) is 5.55. The van der Waals surface area contributed by atoms with Crippen molar-refractivity contribution in [3.8, 4) is 17.2 Å². The maximum Gasteiger partial charge on any atom is 0.203 e. The van der Waals surface area contributed by atoms with Gasteiger partial charge in [-0.1, -0.05) is 22.0 Å². The van der Waals surface area contributed by atoms with Crippen molar-refractivity contribution < 1.29 is 18.6 Å². The first-order valence-corrected chi connectivity index (χ1v) is 8.99. The van der Waals surface area contributed by atoms with Crippen LogP contribution in [-0.4, -0.2) is 34.3 Å². The Morgan fingerprint density at radius 1 is 1.00 bits per heavy atom. The van der Waals surface area contributed by atoms with Crippen LogP contribution >= 0.6 is 15.9 Å². The Kier molecular flexibility index (Phi) is 7.72. The standard InChI is InChI=1S/C19H23BrFN3O3/c1-22-19(24-11-13-5-6-14(20)9-15(13)21)23-10-12-7-16(25-2)18(27-4)17(8-12)26-3/h5-9H,10-11H2,1-4H3,(H2,22,23,24). The largest absolute Gasteiger partial charge is 0.493 e. The minimum atomic E-state index is -0.281. The molecule has 27 heavy (non-hydrogen) atoms. The number of benzene rings is 2. The van der Waals surface area contributed by atoms with Gasteiger partial charge in [0.05, 0.1) is 21.3 Å². The third-order valence-corrected chi connectivity index (χ3v) is 4.36. The fourth-order valence-corrected chi connectivity index (χ4v) is 2.82. The highest BCUT2D eigenvalue weighted by Gasteiger charge is 2.13. The quantitative estimate of drug-likeness (QED) is 0.510. The van der Waals surface area contributed by atoms with Gasteiger partial charge in [0, 0.05) is 30.2 Å². The third kappa shape index (κ3) is 5.50. The van der Waals surface area contributed by atoms with E-state index in [9.17, 15) is 4.39 Å². The molecule has 0 bridgehead atoms. The predicted octanol–water partition coefficient (Wildman–Crippen LogP) is 3.48. The Morgan fingerprint density at radius 3 is 2.15 bits per heavy atom. The first-order valence-electron chi connectivity index (χ1n) is 8.19. The molecule has 0 aliphatic carbocycles. The van der Waals surface area contributed by atoms with Crippen molar-refractivity contribution in [3.63, 3.8) is 0 Å². The molecule has 0 fully saturated rings. The molecule has 0 aromatic heterocycles. The summed E-state index contributed by atoms with van der Waals surface area (Å²) >= 11 is 3.25. The molecule has 6 nitrogen and oxygen atoms in total. The second-order valence-corrected chi connectivity index (χ2v) is 6.46. The van der Waals surface area contributed by atoms with Crippen LogP contribution in [0.3, 0.4) is 0 Å². The van der Waals surface area contributed by atoms with Crippen molar-refractivity contribution in [1.82, 2.24) is 10.6 Å². The van der Waals surface area contributed by atoms with Crippen molar-refractivity contribution in [2.75, 3.05) is 28.4 Å². The van der Waals surface area contributed by atoms with Gasteiger partial charge in [0.25, 0.3) is 0 Å². The van der Waals surface area contributed by atoms with Crippen LogP contribution in [0.15, 0.2) is 39.8 Å². The molecule has 2 aromatic rings. The fraction of sp³-hybridized carbons (Fsp3) is 0.316. The number of nitrogens with one attached hydrogen (secondary N) is 2. The van der Waals surface area contributed by atoms with Gasteiger partial charge >= 0.3 is 0 Å². The summed E-state index contributed by atoms with van der Waals surface area (Å²) in [7, 11) is 6.36. The molecule has 8 heteroatoms. The topological polar surface area (TPSA) is 64.1 Å². The number of rotatable bonds is 7. The Hall–Kier alpha value is -2.48. The molecule has 0 heterocycles. The molecule has 2 N–H and O–H groups in total. The predicted molar refractivity (Wildman–Crippen MR) is 107 cm³/mol. The van der Waals surface area contributed by atoms with Crippen molar-refractivity contribution in [2.45, 2.75) is 13.1 Å². The van der Waals surface area contributed by atoms with Gasteiger partial charge in [0.1, 0.15) is 5.82 Å². The zero-order valence-electron chi connectivity index (χ0n) is 15.7. The van der Waals surface area contributed by atoms with Gasteiger partial charge in [-0.3, -0.25) is 4.99 Å². The maximum atomic E-state index is 13.9. The molecule has 0 saturated heterocycles. The highest BCUT2D eigenvalue weighted by molar-refractivity contribution is 9.10. The number of halogens is 2. The van der Waals surface area contributed by atoms with Crippen LogP contribution in [0.2, 0.25) is 0 Å². The Morgan fingerprint density at radius 2 is 1.63 bits per heavy atom. The van der Waals surface area contributed by atoms with Crippen molar-refractivity contribution in [2.24, 2.45) is 4.99 Å². The fourth-order valence-electron chi connectivity index (χ4n) is 2.49. The number of nitrogens with zero attached hydrogens (tertiary/aromatic N) is 1. The smallest absolute Gasteiger partial charge is 0.203 e. The van der Waals surface area contributed by atoms with E-state index in [2.05, 4.69) is 31.6 Å². The molecule has 0 radical (unpaired) electrons. The number of hydrogen-bond acceptors (Lipinski definition) is 4. The molecule has 0 saturated carbocycles. The Labute approximate surface area is 166 Å². The van der Waals surface area contributed by atoms with Gasteiger partial charge in [-0.05, 0) is 29.8 Å². The second kappa shape index (κ2) is 10.0. The zero-order valence-corrected chi connectivity index (χ0v) is 17.3. The summed E-state index contributed by atoms with van der Waals surface area (Å²) in [5.74, 6) is 1.96.